The Labute approximate surface area is 275 Å². The third kappa shape index (κ3) is 3.71. The van der Waals surface area contributed by atoms with Crippen LogP contribution in [0.4, 0.5) is 0 Å². The van der Waals surface area contributed by atoms with Gasteiger partial charge >= 0.3 is 0 Å². The minimum atomic E-state index is -0.273. The monoisotopic (exact) mass is 616 g/mol. The number of allylic oxidation sites excluding steroid dienone is 4. The largest absolute Gasteiger partial charge is 0.309 e. The van der Waals surface area contributed by atoms with Crippen molar-refractivity contribution in [1.82, 2.24) is 8.97 Å². The third-order valence-corrected chi connectivity index (χ3v) is 10.1. The topological polar surface area (TPSA) is 43.5 Å². The lowest BCUT2D eigenvalue weighted by Gasteiger charge is -2.17. The molecule has 0 saturated carbocycles. The van der Waals surface area contributed by atoms with Crippen LogP contribution in [0.3, 0.4) is 0 Å². The van der Waals surface area contributed by atoms with Crippen molar-refractivity contribution in [3.63, 3.8) is 0 Å². The van der Waals surface area contributed by atoms with E-state index in [0.717, 1.165) is 73.4 Å². The van der Waals surface area contributed by atoms with Gasteiger partial charge in [0.05, 0.1) is 21.9 Å². The van der Waals surface area contributed by atoms with E-state index in [1.54, 1.807) is 0 Å². The van der Waals surface area contributed by atoms with Gasteiger partial charge in [-0.1, -0.05) is 97.1 Å². The predicted molar refractivity (Wildman–Crippen MR) is 200 cm³/mol. The minimum absolute atomic E-state index is 0.257. The molecule has 1 aliphatic carbocycles. The fraction of sp³-hybridized carbons (Fsp3) is 0.0455. The van der Waals surface area contributed by atoms with Crippen LogP contribution < -0.4 is 11.1 Å². The van der Waals surface area contributed by atoms with Crippen LogP contribution >= 0.6 is 0 Å². The number of pyridine rings is 2. The number of aromatic nitrogens is 2. The first-order chi connectivity index (χ1) is 23.7. The molecule has 6 aromatic carbocycles. The van der Waals surface area contributed by atoms with Crippen LogP contribution in [0.1, 0.15) is 18.4 Å². The number of fused-ring (bicyclic) bond motifs is 7. The van der Waals surface area contributed by atoms with Gasteiger partial charge in [-0.15, -0.1) is 0 Å². The molecule has 226 valence electrons. The van der Waals surface area contributed by atoms with Crippen LogP contribution in [0.5, 0.6) is 0 Å². The molecule has 4 heteroatoms. The molecule has 0 aliphatic heterocycles. The van der Waals surface area contributed by atoms with Crippen LogP contribution in [0.15, 0.2) is 155 Å². The van der Waals surface area contributed by atoms with E-state index in [4.69, 9.17) is 0 Å². The molecule has 0 unspecified atom stereocenters. The van der Waals surface area contributed by atoms with Gasteiger partial charge in [0.25, 0.3) is 11.1 Å². The summed E-state index contributed by atoms with van der Waals surface area (Å²) in [7, 11) is 0. The van der Waals surface area contributed by atoms with E-state index >= 15 is 0 Å². The molecule has 0 bridgehead atoms. The number of hydrogen-bond acceptors (Lipinski definition) is 2. The maximum Gasteiger partial charge on any atom is 0.266 e. The summed E-state index contributed by atoms with van der Waals surface area (Å²) in [6.45, 7) is 0. The molecule has 0 saturated heterocycles. The minimum Gasteiger partial charge on any atom is -0.309 e. The molecule has 4 nitrogen and oxygen atoms in total. The summed E-state index contributed by atoms with van der Waals surface area (Å²) in [5.41, 5.74) is 7.71. The highest BCUT2D eigenvalue weighted by Gasteiger charge is 2.21. The van der Waals surface area contributed by atoms with E-state index in [9.17, 15) is 9.59 Å². The van der Waals surface area contributed by atoms with Gasteiger partial charge in [-0.05, 0) is 94.4 Å². The lowest BCUT2D eigenvalue weighted by Crippen LogP contribution is -2.28. The quantitative estimate of drug-likeness (QED) is 0.146. The molecule has 3 heterocycles. The highest BCUT2D eigenvalue weighted by atomic mass is 16.2. The summed E-state index contributed by atoms with van der Waals surface area (Å²) in [6.07, 6.45) is 8.08. The number of rotatable bonds is 3. The maximum absolute atomic E-state index is 14.5. The van der Waals surface area contributed by atoms with E-state index in [2.05, 4.69) is 102 Å². The predicted octanol–water partition coefficient (Wildman–Crippen LogP) is 10.1. The number of benzene rings is 6. The molecule has 0 amide bonds. The van der Waals surface area contributed by atoms with E-state index in [1.165, 1.54) is 15.2 Å². The Kier molecular flexibility index (Phi) is 5.67. The van der Waals surface area contributed by atoms with Crippen LogP contribution in [-0.4, -0.2) is 8.97 Å². The van der Waals surface area contributed by atoms with Gasteiger partial charge in [0.1, 0.15) is 0 Å². The average molecular weight is 617 g/mol. The Morgan fingerprint density at radius 3 is 2.02 bits per heavy atom. The Bertz CT molecular complexity index is 2980. The standard InChI is InChI=1S/C44H28N2O2/c47-43-35-18-8-7-16-32(35)37-25-29(26-38-34-20-11-19-31(27-12-3-1-4-13-27)41(34)44(48)46(43)42(37)38)28-22-23-40-36(24-28)33-17-9-10-21-39(33)45(40)30-14-5-2-6-15-30/h1-3,5-12,14-26H,4,13H2. The Hall–Kier alpha value is -6.26. The van der Waals surface area contributed by atoms with Crippen LogP contribution in [0, 0.1) is 0 Å². The molecule has 0 fully saturated rings. The van der Waals surface area contributed by atoms with Crippen LogP contribution in [-0.2, 0) is 0 Å². The number of para-hydroxylation sites is 2. The second-order valence-electron chi connectivity index (χ2n) is 12.7. The Morgan fingerprint density at radius 2 is 1.21 bits per heavy atom. The van der Waals surface area contributed by atoms with Gasteiger partial charge in [0.2, 0.25) is 0 Å². The summed E-state index contributed by atoms with van der Waals surface area (Å²) < 4.78 is 3.75. The van der Waals surface area contributed by atoms with E-state index in [1.807, 2.05) is 48.5 Å². The molecule has 1 aliphatic rings. The number of nitrogens with zero attached hydrogens (tertiary/aromatic N) is 2. The zero-order valence-electron chi connectivity index (χ0n) is 26.0. The Morgan fingerprint density at radius 1 is 0.521 bits per heavy atom. The fourth-order valence-electron chi connectivity index (χ4n) is 7.99. The summed E-state index contributed by atoms with van der Waals surface area (Å²) in [4.78, 5) is 28.6. The molecular weight excluding hydrogens is 588 g/mol. The highest BCUT2D eigenvalue weighted by molar-refractivity contribution is 6.20. The molecule has 0 spiro atoms. The molecule has 9 aromatic rings. The molecule has 10 rings (SSSR count). The van der Waals surface area contributed by atoms with Crippen molar-refractivity contribution in [2.24, 2.45) is 0 Å². The van der Waals surface area contributed by atoms with Crippen molar-refractivity contribution in [2.45, 2.75) is 12.8 Å². The summed E-state index contributed by atoms with van der Waals surface area (Å²) >= 11 is 0. The van der Waals surface area contributed by atoms with Crippen molar-refractivity contribution in [2.75, 3.05) is 0 Å². The van der Waals surface area contributed by atoms with Crippen LogP contribution in [0.2, 0.25) is 0 Å². The first-order valence-corrected chi connectivity index (χ1v) is 16.4. The lowest BCUT2D eigenvalue weighted by atomic mass is 9.90. The fourth-order valence-corrected chi connectivity index (χ4v) is 7.99. The van der Waals surface area contributed by atoms with Crippen molar-refractivity contribution < 1.29 is 0 Å². The van der Waals surface area contributed by atoms with Gasteiger partial charge in [0.15, 0.2) is 0 Å². The molecule has 0 atom stereocenters. The molecule has 3 aromatic heterocycles. The van der Waals surface area contributed by atoms with E-state index in [0.29, 0.717) is 16.3 Å². The molecule has 0 radical (unpaired) electrons. The van der Waals surface area contributed by atoms with Crippen molar-refractivity contribution in [3.05, 3.63) is 172 Å². The second-order valence-corrected chi connectivity index (χ2v) is 12.7. The highest BCUT2D eigenvalue weighted by Crippen LogP contribution is 2.39. The van der Waals surface area contributed by atoms with Gasteiger partial charge in [-0.25, -0.2) is 4.40 Å². The van der Waals surface area contributed by atoms with Gasteiger partial charge in [-0.3, -0.25) is 9.59 Å². The average Bonchev–Trinajstić information content (AvgIpc) is 3.48. The van der Waals surface area contributed by atoms with Gasteiger partial charge < -0.3 is 4.57 Å². The normalized spacial score (nSPS) is 13.5. The second kappa shape index (κ2) is 10.1. The lowest BCUT2D eigenvalue weighted by molar-refractivity contribution is 1.05. The van der Waals surface area contributed by atoms with Gasteiger partial charge in [-0.2, -0.15) is 0 Å². The molecule has 0 N–H and O–H groups in total. The summed E-state index contributed by atoms with van der Waals surface area (Å²) in [6, 6.07) is 43.8. The zero-order valence-corrected chi connectivity index (χ0v) is 26.0. The molecular formula is C44H28N2O2. The SMILES string of the molecule is O=c1c2ccccc2c2cc(-c3ccc4c(c3)c3ccccc3n4-c3ccccc3)cc3c4cccc(C5=CC=CCC5)c4c(=O)n1c23. The number of hydrogen-bond donors (Lipinski definition) is 0. The van der Waals surface area contributed by atoms with Crippen molar-refractivity contribution >= 4 is 65.2 Å². The summed E-state index contributed by atoms with van der Waals surface area (Å²) in [5, 5.41) is 7.03. The zero-order chi connectivity index (χ0) is 31.9. The first kappa shape index (κ1) is 26.9. The van der Waals surface area contributed by atoms with Crippen molar-refractivity contribution in [3.8, 4) is 16.8 Å². The third-order valence-electron chi connectivity index (χ3n) is 10.1. The molecule has 48 heavy (non-hydrogen) atoms. The maximum atomic E-state index is 14.5. The van der Waals surface area contributed by atoms with E-state index < -0.39 is 0 Å². The Balaban J connectivity index is 1.34. The van der Waals surface area contributed by atoms with E-state index in [-0.39, 0.29) is 11.1 Å². The van der Waals surface area contributed by atoms with Crippen LogP contribution in [0.25, 0.3) is 82.0 Å². The van der Waals surface area contributed by atoms with Gasteiger partial charge in [0, 0.05) is 32.6 Å². The smallest absolute Gasteiger partial charge is 0.266 e. The first-order valence-electron chi connectivity index (χ1n) is 16.4. The summed E-state index contributed by atoms with van der Waals surface area (Å²) in [5.74, 6) is 0. The van der Waals surface area contributed by atoms with Crippen molar-refractivity contribution in [1.29, 1.82) is 0 Å².